The number of hydrogen-bond donors (Lipinski definition) is 1. The molecule has 1 heterocycles. The van der Waals surface area contributed by atoms with E-state index >= 15 is 0 Å². The second-order valence-electron chi connectivity index (χ2n) is 4.12. The van der Waals surface area contributed by atoms with Crippen LogP contribution in [0, 0.1) is 0 Å². The summed E-state index contributed by atoms with van der Waals surface area (Å²) >= 11 is 3.24. The fourth-order valence-corrected chi connectivity index (χ4v) is 1.34. The summed E-state index contributed by atoms with van der Waals surface area (Å²) in [6.07, 6.45) is 1.49. The number of Topliss-reactive ketones (excluding diaryl/α,β-unsaturated/α-hetero) is 1. The molecule has 1 aromatic heterocycles. The fraction of sp³-hybridized carbons (Fsp3) is 0.500. The van der Waals surface area contributed by atoms with Gasteiger partial charge in [0.05, 0.1) is 17.3 Å². The van der Waals surface area contributed by atoms with E-state index in [-0.39, 0.29) is 17.9 Å². The third-order valence-corrected chi connectivity index (χ3v) is 2.27. The minimum atomic E-state index is -0.0608. The summed E-state index contributed by atoms with van der Waals surface area (Å²) in [5.74, 6) is 0.332. The van der Waals surface area contributed by atoms with Gasteiger partial charge < -0.3 is 9.73 Å². The maximum atomic E-state index is 11.6. The van der Waals surface area contributed by atoms with Crippen LogP contribution in [-0.4, -0.2) is 17.9 Å². The number of carbonyl (C=O) groups excluding carboxylic acids is 1. The first-order valence-corrected chi connectivity index (χ1v) is 5.21. The standard InChI is InChI=1S/C10H14BrNO2/c1-10(2,3)12-6-8(13)9-7(11)4-5-14-9/h4-5,12H,6H2,1-3H3. The monoisotopic (exact) mass is 259 g/mol. The summed E-state index contributed by atoms with van der Waals surface area (Å²) < 4.78 is 5.76. The van der Waals surface area contributed by atoms with Crippen LogP contribution >= 0.6 is 15.9 Å². The first kappa shape index (κ1) is 11.5. The van der Waals surface area contributed by atoms with E-state index in [9.17, 15) is 4.79 Å². The van der Waals surface area contributed by atoms with Crippen molar-refractivity contribution in [1.29, 1.82) is 0 Å². The molecule has 78 valence electrons. The number of rotatable bonds is 3. The molecule has 0 aromatic carbocycles. The minimum Gasteiger partial charge on any atom is -0.460 e. The molecule has 0 aliphatic rings. The van der Waals surface area contributed by atoms with Crippen molar-refractivity contribution in [3.8, 4) is 0 Å². The van der Waals surface area contributed by atoms with E-state index in [4.69, 9.17) is 4.42 Å². The fourth-order valence-electron chi connectivity index (χ4n) is 0.918. The first-order valence-electron chi connectivity index (χ1n) is 4.41. The predicted molar refractivity (Wildman–Crippen MR) is 58.5 cm³/mol. The molecule has 0 saturated carbocycles. The second-order valence-corrected chi connectivity index (χ2v) is 4.98. The number of ketones is 1. The third-order valence-electron chi connectivity index (χ3n) is 1.65. The highest BCUT2D eigenvalue weighted by Gasteiger charge is 2.16. The molecule has 0 saturated heterocycles. The average Bonchev–Trinajstić information content (AvgIpc) is 2.46. The molecule has 4 heteroatoms. The lowest BCUT2D eigenvalue weighted by molar-refractivity contribution is 0.0954. The zero-order chi connectivity index (χ0) is 10.8. The molecule has 0 atom stereocenters. The van der Waals surface area contributed by atoms with Gasteiger partial charge in [0.15, 0.2) is 5.76 Å². The highest BCUT2D eigenvalue weighted by Crippen LogP contribution is 2.17. The number of nitrogens with one attached hydrogen (secondary N) is 1. The molecule has 0 radical (unpaired) electrons. The van der Waals surface area contributed by atoms with Crippen molar-refractivity contribution in [2.45, 2.75) is 26.3 Å². The Morgan fingerprint density at radius 1 is 1.57 bits per heavy atom. The van der Waals surface area contributed by atoms with Crippen LogP contribution in [0.2, 0.25) is 0 Å². The molecule has 0 aliphatic carbocycles. The van der Waals surface area contributed by atoms with Gasteiger partial charge in [-0.3, -0.25) is 4.79 Å². The Morgan fingerprint density at radius 2 is 2.21 bits per heavy atom. The highest BCUT2D eigenvalue weighted by molar-refractivity contribution is 9.10. The number of furan rings is 1. The maximum absolute atomic E-state index is 11.6. The Labute approximate surface area is 92.0 Å². The van der Waals surface area contributed by atoms with Gasteiger partial charge in [0, 0.05) is 5.54 Å². The Kier molecular flexibility index (Phi) is 3.50. The lowest BCUT2D eigenvalue weighted by Gasteiger charge is -2.19. The zero-order valence-electron chi connectivity index (χ0n) is 8.56. The van der Waals surface area contributed by atoms with Gasteiger partial charge in [-0.2, -0.15) is 0 Å². The van der Waals surface area contributed by atoms with Gasteiger partial charge in [0.2, 0.25) is 5.78 Å². The summed E-state index contributed by atoms with van der Waals surface area (Å²) in [4.78, 5) is 11.6. The second kappa shape index (κ2) is 4.28. The van der Waals surface area contributed by atoms with E-state index in [1.54, 1.807) is 6.07 Å². The van der Waals surface area contributed by atoms with Crippen LogP contribution in [0.25, 0.3) is 0 Å². The van der Waals surface area contributed by atoms with Crippen molar-refractivity contribution >= 4 is 21.7 Å². The van der Waals surface area contributed by atoms with Crippen LogP contribution in [0.5, 0.6) is 0 Å². The van der Waals surface area contributed by atoms with E-state index in [0.29, 0.717) is 10.2 Å². The predicted octanol–water partition coefficient (Wildman–Crippen LogP) is 2.61. The van der Waals surface area contributed by atoms with Gasteiger partial charge in [-0.15, -0.1) is 0 Å². The molecular formula is C10H14BrNO2. The molecule has 0 fully saturated rings. The van der Waals surface area contributed by atoms with Gasteiger partial charge in [0.1, 0.15) is 0 Å². The van der Waals surface area contributed by atoms with Gasteiger partial charge in [-0.25, -0.2) is 0 Å². The summed E-state index contributed by atoms with van der Waals surface area (Å²) in [7, 11) is 0. The maximum Gasteiger partial charge on any atom is 0.212 e. The van der Waals surface area contributed by atoms with Gasteiger partial charge in [-0.05, 0) is 42.8 Å². The van der Waals surface area contributed by atoms with Crippen molar-refractivity contribution in [2.75, 3.05) is 6.54 Å². The Hall–Kier alpha value is -0.610. The minimum absolute atomic E-state index is 0.0446. The van der Waals surface area contributed by atoms with Crippen LogP contribution in [0.15, 0.2) is 21.2 Å². The largest absolute Gasteiger partial charge is 0.460 e. The molecule has 0 aliphatic heterocycles. The lowest BCUT2D eigenvalue weighted by Crippen LogP contribution is -2.39. The van der Waals surface area contributed by atoms with E-state index in [0.717, 1.165) is 0 Å². The van der Waals surface area contributed by atoms with E-state index < -0.39 is 0 Å². The summed E-state index contributed by atoms with van der Waals surface area (Å²) in [6.45, 7) is 6.32. The molecule has 3 nitrogen and oxygen atoms in total. The third kappa shape index (κ3) is 3.27. The molecular weight excluding hydrogens is 246 g/mol. The quantitative estimate of drug-likeness (QED) is 0.849. The van der Waals surface area contributed by atoms with E-state index in [1.165, 1.54) is 6.26 Å². The molecule has 1 N–H and O–H groups in total. The molecule has 14 heavy (non-hydrogen) atoms. The highest BCUT2D eigenvalue weighted by atomic mass is 79.9. The van der Waals surface area contributed by atoms with Gasteiger partial charge in [-0.1, -0.05) is 0 Å². The van der Waals surface area contributed by atoms with E-state index in [2.05, 4.69) is 21.2 Å². The van der Waals surface area contributed by atoms with Crippen molar-refractivity contribution in [3.05, 3.63) is 22.6 Å². The van der Waals surface area contributed by atoms with Crippen LogP contribution in [0.4, 0.5) is 0 Å². The first-order chi connectivity index (χ1) is 6.40. The number of carbonyl (C=O) groups is 1. The van der Waals surface area contributed by atoms with Crippen LogP contribution in [0.1, 0.15) is 31.3 Å². The van der Waals surface area contributed by atoms with Gasteiger partial charge in [0.25, 0.3) is 0 Å². The van der Waals surface area contributed by atoms with Crippen molar-refractivity contribution in [1.82, 2.24) is 5.32 Å². The Bertz CT molecular complexity index is 325. The normalized spacial score (nSPS) is 11.7. The smallest absolute Gasteiger partial charge is 0.212 e. The molecule has 1 rings (SSSR count). The van der Waals surface area contributed by atoms with Crippen LogP contribution in [-0.2, 0) is 0 Å². The molecule has 1 aromatic rings. The molecule has 0 bridgehead atoms. The summed E-state index contributed by atoms with van der Waals surface area (Å²) in [5, 5.41) is 3.11. The average molecular weight is 260 g/mol. The van der Waals surface area contributed by atoms with E-state index in [1.807, 2.05) is 20.8 Å². The van der Waals surface area contributed by atoms with Gasteiger partial charge >= 0.3 is 0 Å². The SMILES string of the molecule is CC(C)(C)NCC(=O)c1occc1Br. The van der Waals surface area contributed by atoms with Crippen molar-refractivity contribution in [2.24, 2.45) is 0 Å². The zero-order valence-corrected chi connectivity index (χ0v) is 10.1. The molecule has 0 unspecified atom stereocenters. The summed E-state index contributed by atoms with van der Waals surface area (Å²) in [5.41, 5.74) is -0.0608. The Balaban J connectivity index is 2.56. The number of halogens is 1. The molecule has 0 amide bonds. The topological polar surface area (TPSA) is 42.2 Å². The van der Waals surface area contributed by atoms with Crippen LogP contribution in [0.3, 0.4) is 0 Å². The Morgan fingerprint density at radius 3 is 2.64 bits per heavy atom. The summed E-state index contributed by atoms with van der Waals surface area (Å²) in [6, 6.07) is 1.71. The molecule has 0 spiro atoms. The lowest BCUT2D eigenvalue weighted by atomic mass is 10.1. The van der Waals surface area contributed by atoms with Crippen molar-refractivity contribution in [3.63, 3.8) is 0 Å². The van der Waals surface area contributed by atoms with Crippen molar-refractivity contribution < 1.29 is 9.21 Å². The number of hydrogen-bond acceptors (Lipinski definition) is 3. The van der Waals surface area contributed by atoms with Crippen LogP contribution < -0.4 is 5.32 Å².